The summed E-state index contributed by atoms with van der Waals surface area (Å²) in [4.78, 5) is 23.6. The van der Waals surface area contributed by atoms with Crippen molar-refractivity contribution in [3.05, 3.63) is 11.1 Å². The summed E-state index contributed by atoms with van der Waals surface area (Å²) in [5, 5.41) is 0. The first-order chi connectivity index (χ1) is 8.61. The molecule has 1 unspecified atom stereocenters. The minimum absolute atomic E-state index is 0.240. The van der Waals surface area contributed by atoms with E-state index in [9.17, 15) is 9.59 Å². The highest BCUT2D eigenvalue weighted by molar-refractivity contribution is 5.90. The molecule has 0 heterocycles. The van der Waals surface area contributed by atoms with Crippen LogP contribution in [0.25, 0.3) is 0 Å². The Balaban J connectivity index is 3.00. The Bertz CT molecular complexity index is 344. The molecule has 1 rings (SSSR count). The van der Waals surface area contributed by atoms with Crippen LogP contribution in [0.15, 0.2) is 11.1 Å². The van der Waals surface area contributed by atoms with Gasteiger partial charge in [-0.15, -0.1) is 0 Å². The monoisotopic (exact) mass is 254 g/mol. The first kappa shape index (κ1) is 14.7. The Morgan fingerprint density at radius 3 is 2.61 bits per heavy atom. The largest absolute Gasteiger partial charge is 0.469 e. The molecule has 18 heavy (non-hydrogen) atoms. The zero-order valence-electron chi connectivity index (χ0n) is 11.5. The summed E-state index contributed by atoms with van der Waals surface area (Å²) in [7, 11) is 1.39. The van der Waals surface area contributed by atoms with Crippen LogP contribution in [-0.4, -0.2) is 25.7 Å². The van der Waals surface area contributed by atoms with Crippen molar-refractivity contribution < 1.29 is 19.1 Å². The number of methoxy groups -OCH3 is 1. The third-order valence-corrected chi connectivity index (χ3v) is 3.41. The fourth-order valence-electron chi connectivity index (χ4n) is 2.41. The van der Waals surface area contributed by atoms with E-state index >= 15 is 0 Å². The maximum Gasteiger partial charge on any atom is 0.333 e. The normalized spacial score (nSPS) is 22.9. The Morgan fingerprint density at radius 2 is 2.00 bits per heavy atom. The van der Waals surface area contributed by atoms with Gasteiger partial charge in [-0.2, -0.15) is 0 Å². The standard InChI is InChI=1S/C14H22O4/c1-4-18-13(15)10(2)11-8-6-5-7-9-12(11)14(16)17-3/h12H,4-9H2,1-3H3. The topological polar surface area (TPSA) is 52.6 Å². The zero-order chi connectivity index (χ0) is 13.5. The summed E-state index contributed by atoms with van der Waals surface area (Å²) in [5.41, 5.74) is 1.48. The predicted octanol–water partition coefficient (Wildman–Crippen LogP) is 2.62. The smallest absolute Gasteiger partial charge is 0.333 e. The van der Waals surface area contributed by atoms with E-state index < -0.39 is 0 Å². The van der Waals surface area contributed by atoms with Gasteiger partial charge in [0, 0.05) is 5.57 Å². The molecule has 0 aliphatic heterocycles. The Labute approximate surface area is 108 Å². The van der Waals surface area contributed by atoms with Gasteiger partial charge < -0.3 is 9.47 Å². The van der Waals surface area contributed by atoms with Crippen LogP contribution in [0.5, 0.6) is 0 Å². The summed E-state index contributed by atoms with van der Waals surface area (Å²) >= 11 is 0. The Morgan fingerprint density at radius 1 is 1.28 bits per heavy atom. The second kappa shape index (κ2) is 7.19. The SMILES string of the molecule is CCOC(=O)C(C)=C1CCCCCC1C(=O)OC. The molecule has 1 atom stereocenters. The lowest BCUT2D eigenvalue weighted by molar-refractivity contribution is -0.144. The van der Waals surface area contributed by atoms with Crippen LogP contribution in [0, 0.1) is 5.92 Å². The van der Waals surface area contributed by atoms with Gasteiger partial charge in [0.15, 0.2) is 0 Å². The lowest BCUT2D eigenvalue weighted by atomic mass is 9.90. The third-order valence-electron chi connectivity index (χ3n) is 3.41. The molecule has 0 spiro atoms. The van der Waals surface area contributed by atoms with Gasteiger partial charge in [0.05, 0.1) is 19.6 Å². The van der Waals surface area contributed by atoms with E-state index in [2.05, 4.69) is 0 Å². The molecule has 0 aromatic rings. The Hall–Kier alpha value is -1.32. The van der Waals surface area contributed by atoms with E-state index in [1.54, 1.807) is 13.8 Å². The molecule has 0 N–H and O–H groups in total. The first-order valence-electron chi connectivity index (χ1n) is 6.56. The van der Waals surface area contributed by atoms with E-state index in [1.807, 2.05) is 0 Å². The van der Waals surface area contributed by atoms with Crippen molar-refractivity contribution in [1.82, 2.24) is 0 Å². The minimum Gasteiger partial charge on any atom is -0.469 e. The van der Waals surface area contributed by atoms with E-state index in [-0.39, 0.29) is 17.9 Å². The second-order valence-corrected chi connectivity index (χ2v) is 4.55. The number of ether oxygens (including phenoxy) is 2. The van der Waals surface area contributed by atoms with Gasteiger partial charge in [-0.1, -0.05) is 12.8 Å². The van der Waals surface area contributed by atoms with Crippen LogP contribution in [0.4, 0.5) is 0 Å². The van der Waals surface area contributed by atoms with Crippen molar-refractivity contribution in [3.8, 4) is 0 Å². The highest BCUT2D eigenvalue weighted by Crippen LogP contribution is 2.31. The van der Waals surface area contributed by atoms with Crippen molar-refractivity contribution in [2.45, 2.75) is 46.0 Å². The van der Waals surface area contributed by atoms with Crippen LogP contribution >= 0.6 is 0 Å². The molecule has 0 bridgehead atoms. The molecule has 0 amide bonds. The molecular weight excluding hydrogens is 232 g/mol. The number of carbonyl (C=O) groups is 2. The zero-order valence-corrected chi connectivity index (χ0v) is 11.5. The second-order valence-electron chi connectivity index (χ2n) is 4.55. The molecule has 0 radical (unpaired) electrons. The molecule has 1 aliphatic rings. The molecule has 0 aromatic heterocycles. The van der Waals surface area contributed by atoms with Crippen LogP contribution < -0.4 is 0 Å². The van der Waals surface area contributed by atoms with Gasteiger partial charge in [0.25, 0.3) is 0 Å². The number of esters is 2. The summed E-state index contributed by atoms with van der Waals surface area (Å²) in [6.45, 7) is 3.88. The minimum atomic E-state index is -0.316. The quantitative estimate of drug-likeness (QED) is 0.441. The fraction of sp³-hybridized carbons (Fsp3) is 0.714. The van der Waals surface area contributed by atoms with Crippen molar-refractivity contribution in [3.63, 3.8) is 0 Å². The summed E-state index contributed by atoms with van der Waals surface area (Å²) in [6.07, 6.45) is 4.65. The van der Waals surface area contributed by atoms with Gasteiger partial charge >= 0.3 is 11.9 Å². The van der Waals surface area contributed by atoms with Gasteiger partial charge in [-0.25, -0.2) is 4.79 Å². The number of carbonyl (C=O) groups excluding carboxylic acids is 2. The van der Waals surface area contributed by atoms with Crippen molar-refractivity contribution in [2.75, 3.05) is 13.7 Å². The number of hydrogen-bond donors (Lipinski definition) is 0. The number of hydrogen-bond acceptors (Lipinski definition) is 4. The van der Waals surface area contributed by atoms with Gasteiger partial charge in [-0.3, -0.25) is 4.79 Å². The molecule has 4 heteroatoms. The molecule has 1 saturated carbocycles. The summed E-state index contributed by atoms with van der Waals surface area (Å²) in [6, 6.07) is 0. The van der Waals surface area contributed by atoms with E-state index in [0.29, 0.717) is 12.2 Å². The first-order valence-corrected chi connectivity index (χ1v) is 6.56. The molecule has 4 nitrogen and oxygen atoms in total. The van der Waals surface area contributed by atoms with E-state index in [1.165, 1.54) is 7.11 Å². The molecule has 0 saturated heterocycles. The van der Waals surface area contributed by atoms with Crippen LogP contribution in [0.3, 0.4) is 0 Å². The molecule has 1 aliphatic carbocycles. The average molecular weight is 254 g/mol. The molecular formula is C14H22O4. The van der Waals surface area contributed by atoms with Crippen molar-refractivity contribution >= 4 is 11.9 Å². The molecule has 1 fully saturated rings. The average Bonchev–Trinajstić information content (AvgIpc) is 2.62. The van der Waals surface area contributed by atoms with E-state index in [4.69, 9.17) is 9.47 Å². The lowest BCUT2D eigenvalue weighted by Crippen LogP contribution is -2.21. The van der Waals surface area contributed by atoms with Crippen molar-refractivity contribution in [1.29, 1.82) is 0 Å². The van der Waals surface area contributed by atoms with Gasteiger partial charge in [0.2, 0.25) is 0 Å². The maximum absolute atomic E-state index is 11.8. The van der Waals surface area contributed by atoms with Gasteiger partial charge in [-0.05, 0) is 38.7 Å². The van der Waals surface area contributed by atoms with Gasteiger partial charge in [0.1, 0.15) is 0 Å². The van der Waals surface area contributed by atoms with Crippen LogP contribution in [-0.2, 0) is 19.1 Å². The molecule has 0 aromatic carbocycles. The molecule has 102 valence electrons. The third kappa shape index (κ3) is 3.59. The van der Waals surface area contributed by atoms with E-state index in [0.717, 1.165) is 37.7 Å². The predicted molar refractivity (Wildman–Crippen MR) is 67.9 cm³/mol. The maximum atomic E-state index is 11.8. The summed E-state index contributed by atoms with van der Waals surface area (Å²) < 4.78 is 9.85. The highest BCUT2D eigenvalue weighted by atomic mass is 16.5. The Kier molecular flexibility index (Phi) is 5.89. The van der Waals surface area contributed by atoms with Crippen molar-refractivity contribution in [2.24, 2.45) is 5.92 Å². The van der Waals surface area contributed by atoms with Crippen LogP contribution in [0.1, 0.15) is 46.0 Å². The van der Waals surface area contributed by atoms with Crippen LogP contribution in [0.2, 0.25) is 0 Å². The number of rotatable bonds is 3. The lowest BCUT2D eigenvalue weighted by Gasteiger charge is -2.17. The highest BCUT2D eigenvalue weighted by Gasteiger charge is 2.28. The fourth-order valence-corrected chi connectivity index (χ4v) is 2.41. The summed E-state index contributed by atoms with van der Waals surface area (Å²) in [5.74, 6) is -0.833.